The van der Waals surface area contributed by atoms with Gasteiger partial charge >= 0.3 is 0 Å². The molecule has 4 heteroatoms. The Hall–Kier alpha value is -9.12. The van der Waals surface area contributed by atoms with Crippen LogP contribution in [0, 0.1) is 27.7 Å². The maximum Gasteiger partial charge on any atom is 0.143 e. The number of anilines is 6. The summed E-state index contributed by atoms with van der Waals surface area (Å²) in [4.78, 5) is 5.07. The van der Waals surface area contributed by atoms with Crippen molar-refractivity contribution in [1.82, 2.24) is 0 Å². The molecule has 14 rings (SSSR count). The van der Waals surface area contributed by atoms with Gasteiger partial charge in [0.15, 0.2) is 0 Å². The minimum absolute atomic E-state index is 0.249. The molecule has 0 unspecified atom stereocenters. The molecule has 0 spiro atoms. The van der Waals surface area contributed by atoms with Gasteiger partial charge in [0.05, 0.1) is 22.7 Å². The molecule has 378 valence electrons. The third-order valence-electron chi connectivity index (χ3n) is 16.7. The minimum Gasteiger partial charge on any atom is -0.455 e. The van der Waals surface area contributed by atoms with E-state index in [2.05, 4.69) is 259 Å². The molecule has 2 heterocycles. The first-order chi connectivity index (χ1) is 38.0. The quantitative estimate of drug-likeness (QED) is 0.128. The first-order valence-electron chi connectivity index (χ1n) is 27.5. The van der Waals surface area contributed by atoms with Gasteiger partial charge in [0.25, 0.3) is 0 Å². The molecule has 0 aliphatic carbocycles. The fourth-order valence-electron chi connectivity index (χ4n) is 13.0. The second-order valence-electron chi connectivity index (χ2n) is 22.2. The molecule has 0 aliphatic rings. The molecule has 0 bridgehead atoms. The fraction of sp³-hybridized carbons (Fsp3) is 0.135. The summed E-state index contributed by atoms with van der Waals surface area (Å²) in [5, 5.41) is 12.2. The third-order valence-corrected chi connectivity index (χ3v) is 16.7. The van der Waals surface area contributed by atoms with Crippen LogP contribution in [0.1, 0.15) is 72.9 Å². The number of fused-ring (bicyclic) bond motifs is 6. The van der Waals surface area contributed by atoms with Crippen molar-refractivity contribution in [3.63, 3.8) is 0 Å². The highest BCUT2D eigenvalue weighted by molar-refractivity contribution is 6.29. The predicted molar refractivity (Wildman–Crippen MR) is 332 cm³/mol. The van der Waals surface area contributed by atoms with Crippen LogP contribution in [-0.4, -0.2) is 0 Å². The van der Waals surface area contributed by atoms with E-state index in [1.54, 1.807) is 0 Å². The average Bonchev–Trinajstić information content (AvgIpc) is 4.17. The van der Waals surface area contributed by atoms with E-state index in [0.717, 1.165) is 77.5 Å². The topological polar surface area (TPSA) is 32.8 Å². The molecule has 0 saturated heterocycles. The molecule has 0 radical (unpaired) electrons. The van der Waals surface area contributed by atoms with Crippen molar-refractivity contribution < 1.29 is 8.83 Å². The summed E-state index contributed by atoms with van der Waals surface area (Å²) in [7, 11) is 0. The number of nitrogens with zero attached hydrogens (tertiary/aromatic N) is 2. The van der Waals surface area contributed by atoms with Gasteiger partial charge in [-0.3, -0.25) is 0 Å². The van der Waals surface area contributed by atoms with Crippen LogP contribution < -0.4 is 9.80 Å². The Morgan fingerprint density at radius 1 is 0.321 bits per heavy atom. The number of aryl methyl sites for hydroxylation is 4. The smallest absolute Gasteiger partial charge is 0.143 e. The highest BCUT2D eigenvalue weighted by Crippen LogP contribution is 2.53. The van der Waals surface area contributed by atoms with E-state index in [1.807, 2.05) is 12.1 Å². The number of furan rings is 2. The number of rotatable bonds is 10. The molecule has 0 fully saturated rings. The molecule has 0 saturated carbocycles. The van der Waals surface area contributed by atoms with E-state index in [-0.39, 0.29) is 11.8 Å². The Labute approximate surface area is 455 Å². The van der Waals surface area contributed by atoms with Crippen molar-refractivity contribution in [3.8, 4) is 22.3 Å². The summed E-state index contributed by atoms with van der Waals surface area (Å²) >= 11 is 0. The van der Waals surface area contributed by atoms with Crippen LogP contribution in [0.3, 0.4) is 0 Å². The van der Waals surface area contributed by atoms with Gasteiger partial charge in [-0.05, 0) is 154 Å². The number of para-hydroxylation sites is 6. The van der Waals surface area contributed by atoms with Crippen LogP contribution >= 0.6 is 0 Å². The predicted octanol–water partition coefficient (Wildman–Crippen LogP) is 22.1. The molecular weight excluding hydrogens is 949 g/mol. The van der Waals surface area contributed by atoms with Gasteiger partial charge in [0.1, 0.15) is 22.3 Å². The lowest BCUT2D eigenvalue weighted by atomic mass is 9.83. The van der Waals surface area contributed by atoms with Crippen LogP contribution in [0.2, 0.25) is 0 Å². The lowest BCUT2D eigenvalue weighted by Crippen LogP contribution is -2.15. The number of hydrogen-bond acceptors (Lipinski definition) is 4. The summed E-state index contributed by atoms with van der Waals surface area (Å²) in [6.07, 6.45) is 0. The molecular formula is C74H60N2O2. The van der Waals surface area contributed by atoms with Crippen molar-refractivity contribution >= 4 is 110 Å². The normalized spacial score (nSPS) is 12.1. The maximum absolute atomic E-state index is 6.56. The zero-order valence-corrected chi connectivity index (χ0v) is 45.5. The highest BCUT2D eigenvalue weighted by atomic mass is 16.3. The van der Waals surface area contributed by atoms with Crippen LogP contribution in [0.25, 0.3) is 98.4 Å². The Bertz CT molecular complexity index is 4330. The van der Waals surface area contributed by atoms with E-state index in [9.17, 15) is 0 Å². The van der Waals surface area contributed by atoms with E-state index in [4.69, 9.17) is 8.83 Å². The van der Waals surface area contributed by atoms with Gasteiger partial charge in [-0.25, -0.2) is 0 Å². The van der Waals surface area contributed by atoms with Gasteiger partial charge < -0.3 is 18.6 Å². The molecule has 0 N–H and O–H groups in total. The van der Waals surface area contributed by atoms with Crippen molar-refractivity contribution in [2.24, 2.45) is 0 Å². The van der Waals surface area contributed by atoms with Crippen LogP contribution in [0.5, 0.6) is 0 Å². The zero-order valence-electron chi connectivity index (χ0n) is 45.5. The summed E-state index contributed by atoms with van der Waals surface area (Å²) < 4.78 is 13.1. The second-order valence-corrected chi connectivity index (χ2v) is 22.2. The largest absolute Gasteiger partial charge is 0.455 e. The summed E-state index contributed by atoms with van der Waals surface area (Å²) in [5.41, 5.74) is 22.5. The molecule has 0 aliphatic heterocycles. The van der Waals surface area contributed by atoms with Crippen LogP contribution in [0.15, 0.2) is 215 Å². The first-order valence-corrected chi connectivity index (χ1v) is 27.5. The molecule has 4 nitrogen and oxygen atoms in total. The maximum atomic E-state index is 6.56. The highest BCUT2D eigenvalue weighted by Gasteiger charge is 2.28. The van der Waals surface area contributed by atoms with E-state index in [1.165, 1.54) is 88.4 Å². The Kier molecular flexibility index (Phi) is 11.1. The Morgan fingerprint density at radius 2 is 0.667 bits per heavy atom. The first kappa shape index (κ1) is 47.3. The van der Waals surface area contributed by atoms with Gasteiger partial charge in [-0.1, -0.05) is 185 Å². The molecule has 14 aromatic rings. The molecule has 12 aromatic carbocycles. The van der Waals surface area contributed by atoms with E-state index in [0.29, 0.717) is 0 Å². The van der Waals surface area contributed by atoms with Gasteiger partial charge in [-0.15, -0.1) is 0 Å². The molecule has 2 aromatic heterocycles. The van der Waals surface area contributed by atoms with E-state index < -0.39 is 0 Å². The Balaban J connectivity index is 0.996. The monoisotopic (exact) mass is 1010 g/mol. The Morgan fingerprint density at radius 3 is 1.05 bits per heavy atom. The van der Waals surface area contributed by atoms with Gasteiger partial charge in [0.2, 0.25) is 0 Å². The lowest BCUT2D eigenvalue weighted by Gasteiger charge is -2.33. The van der Waals surface area contributed by atoms with Gasteiger partial charge in [0, 0.05) is 54.8 Å². The average molecular weight is 1010 g/mol. The summed E-state index contributed by atoms with van der Waals surface area (Å²) in [5.74, 6) is 0.498. The molecule has 0 amide bonds. The fourth-order valence-corrected chi connectivity index (χ4v) is 13.0. The second kappa shape index (κ2) is 18.3. The minimum atomic E-state index is 0.249. The zero-order chi connectivity index (χ0) is 53.1. The van der Waals surface area contributed by atoms with Gasteiger partial charge in [-0.2, -0.15) is 0 Å². The van der Waals surface area contributed by atoms with Crippen molar-refractivity contribution in [2.45, 2.75) is 67.2 Å². The van der Waals surface area contributed by atoms with Crippen LogP contribution in [-0.2, 0) is 0 Å². The SMILES string of the molecule is Cc1cccc(C)c1N(c1ccc(-c2cccc3c2oc2ccccc23)cc1)c1cc(C(C)C)c2ccc3c(N(c4ccc(-c5cccc6c5oc5ccccc56)cc4)c4c(C)cccc4C)cc(C(C)C)c4ccc1c2c43. The summed E-state index contributed by atoms with van der Waals surface area (Å²) in [6.45, 7) is 18.4. The third kappa shape index (κ3) is 7.34. The van der Waals surface area contributed by atoms with Crippen molar-refractivity contribution in [3.05, 3.63) is 240 Å². The molecule has 0 atom stereocenters. The molecule has 78 heavy (non-hydrogen) atoms. The standard InChI is InChI=1S/C74H60N2O2/c1-43(2)63-41-65(75(71-45(5)17-13-18-46(71)6)51-33-29-49(30-34-51)53-23-15-25-59-55-21-9-11-27-67(55)77-73(53)59)61-40-38-58-64(44(3)4)42-66(62-39-37-57(63)69(61)70(58)62)76(72-47(7)19-14-20-48(72)8)52-35-31-50(32-36-52)54-24-16-26-60-56-22-10-12-28-68(56)78-74(54)60/h9-44H,1-8H3. The number of benzene rings is 12. The van der Waals surface area contributed by atoms with Crippen LogP contribution in [0.4, 0.5) is 34.1 Å². The van der Waals surface area contributed by atoms with Crippen molar-refractivity contribution in [1.29, 1.82) is 0 Å². The lowest BCUT2D eigenvalue weighted by molar-refractivity contribution is 0.669. The number of hydrogen-bond donors (Lipinski definition) is 0. The van der Waals surface area contributed by atoms with E-state index >= 15 is 0 Å². The van der Waals surface area contributed by atoms with Crippen molar-refractivity contribution in [2.75, 3.05) is 9.80 Å². The summed E-state index contributed by atoms with van der Waals surface area (Å²) in [6, 6.07) is 75.9.